The van der Waals surface area contributed by atoms with Crippen LogP contribution in [0.15, 0.2) is 12.3 Å². The van der Waals surface area contributed by atoms with E-state index in [9.17, 15) is 14.4 Å². The Labute approximate surface area is 109 Å². The fourth-order valence-corrected chi connectivity index (χ4v) is 1.87. The molecule has 7 nitrogen and oxygen atoms in total. The molecule has 19 heavy (non-hydrogen) atoms. The standard InChI is InChI=1S/C12H13N3O4/c1-6-4-9(7(5-13-6)12(18)19)14-8-2-3-10(16)15-11(8)17/h4-5,8H,2-3H2,1H3,(H,13,14)(H,18,19)(H,15,16,17). The number of carboxylic acids is 1. The van der Waals surface area contributed by atoms with Crippen molar-refractivity contribution in [3.63, 3.8) is 0 Å². The van der Waals surface area contributed by atoms with Gasteiger partial charge in [0.2, 0.25) is 11.8 Å². The highest BCUT2D eigenvalue weighted by atomic mass is 16.4. The predicted molar refractivity (Wildman–Crippen MR) is 65.7 cm³/mol. The lowest BCUT2D eigenvalue weighted by Gasteiger charge is -2.23. The van der Waals surface area contributed by atoms with E-state index >= 15 is 0 Å². The van der Waals surface area contributed by atoms with Crippen LogP contribution in [0.3, 0.4) is 0 Å². The molecular formula is C12H13N3O4. The smallest absolute Gasteiger partial charge is 0.339 e. The first-order valence-electron chi connectivity index (χ1n) is 5.77. The van der Waals surface area contributed by atoms with Gasteiger partial charge in [-0.25, -0.2) is 4.79 Å². The van der Waals surface area contributed by atoms with Gasteiger partial charge in [0.05, 0.1) is 5.69 Å². The highest BCUT2D eigenvalue weighted by molar-refractivity contribution is 6.02. The molecule has 2 amide bonds. The van der Waals surface area contributed by atoms with E-state index in [2.05, 4.69) is 15.6 Å². The molecule has 0 aliphatic carbocycles. The van der Waals surface area contributed by atoms with Gasteiger partial charge in [-0.3, -0.25) is 19.9 Å². The van der Waals surface area contributed by atoms with Crippen LogP contribution in [-0.2, 0) is 9.59 Å². The number of anilines is 1. The lowest BCUT2D eigenvalue weighted by Crippen LogP contribution is -2.47. The molecule has 7 heteroatoms. The number of amides is 2. The maximum Gasteiger partial charge on any atom is 0.339 e. The molecular weight excluding hydrogens is 250 g/mol. The van der Waals surface area contributed by atoms with Crippen molar-refractivity contribution < 1.29 is 19.5 Å². The van der Waals surface area contributed by atoms with Gasteiger partial charge in [-0.1, -0.05) is 0 Å². The van der Waals surface area contributed by atoms with Crippen LogP contribution in [0.2, 0.25) is 0 Å². The van der Waals surface area contributed by atoms with Crippen LogP contribution in [0.25, 0.3) is 0 Å². The molecule has 1 aromatic rings. The van der Waals surface area contributed by atoms with E-state index in [1.54, 1.807) is 13.0 Å². The third-order valence-electron chi connectivity index (χ3n) is 2.84. The van der Waals surface area contributed by atoms with E-state index < -0.39 is 17.9 Å². The average molecular weight is 263 g/mol. The number of piperidine rings is 1. The summed E-state index contributed by atoms with van der Waals surface area (Å²) in [5.41, 5.74) is 0.963. The Kier molecular flexibility index (Phi) is 3.46. The Balaban J connectivity index is 2.23. The molecule has 0 saturated carbocycles. The molecule has 1 atom stereocenters. The van der Waals surface area contributed by atoms with Crippen molar-refractivity contribution in [1.82, 2.24) is 10.3 Å². The van der Waals surface area contributed by atoms with Crippen molar-refractivity contribution in [3.05, 3.63) is 23.5 Å². The van der Waals surface area contributed by atoms with E-state index in [0.29, 0.717) is 17.8 Å². The zero-order valence-corrected chi connectivity index (χ0v) is 10.3. The first-order valence-corrected chi connectivity index (χ1v) is 5.77. The van der Waals surface area contributed by atoms with Crippen LogP contribution in [0.5, 0.6) is 0 Å². The third kappa shape index (κ3) is 2.87. The quantitative estimate of drug-likeness (QED) is 0.677. The molecule has 1 aromatic heterocycles. The second-order valence-electron chi connectivity index (χ2n) is 4.32. The van der Waals surface area contributed by atoms with Crippen molar-refractivity contribution in [2.24, 2.45) is 0 Å². The normalized spacial score (nSPS) is 18.9. The Morgan fingerprint density at radius 2 is 2.26 bits per heavy atom. The van der Waals surface area contributed by atoms with Crippen LogP contribution < -0.4 is 10.6 Å². The lowest BCUT2D eigenvalue weighted by atomic mass is 10.1. The Bertz CT molecular complexity index is 556. The fraction of sp³-hybridized carbons (Fsp3) is 0.333. The van der Waals surface area contributed by atoms with Gasteiger partial charge in [0.1, 0.15) is 11.6 Å². The molecule has 0 bridgehead atoms. The number of nitrogens with one attached hydrogen (secondary N) is 2. The average Bonchev–Trinajstić information content (AvgIpc) is 2.32. The minimum absolute atomic E-state index is 0.00435. The summed E-state index contributed by atoms with van der Waals surface area (Å²) in [6, 6.07) is 0.949. The van der Waals surface area contributed by atoms with Crippen LogP contribution >= 0.6 is 0 Å². The van der Waals surface area contributed by atoms with Gasteiger partial charge < -0.3 is 10.4 Å². The number of hydrogen-bond donors (Lipinski definition) is 3. The Hall–Kier alpha value is -2.44. The number of rotatable bonds is 3. The highest BCUT2D eigenvalue weighted by Crippen LogP contribution is 2.19. The number of carboxylic acid groups (broad SMARTS) is 1. The van der Waals surface area contributed by atoms with Gasteiger partial charge in [-0.05, 0) is 19.4 Å². The van der Waals surface area contributed by atoms with Crippen LogP contribution in [0.4, 0.5) is 5.69 Å². The first-order chi connectivity index (χ1) is 8.97. The van der Waals surface area contributed by atoms with Crippen LogP contribution in [0, 0.1) is 6.92 Å². The molecule has 1 saturated heterocycles. The summed E-state index contributed by atoms with van der Waals surface area (Å²) in [5, 5.41) is 14.1. The first kappa shape index (κ1) is 13.0. The van der Waals surface area contributed by atoms with Gasteiger partial charge in [-0.2, -0.15) is 0 Å². The number of carbonyl (C=O) groups is 3. The van der Waals surface area contributed by atoms with Gasteiger partial charge in [-0.15, -0.1) is 0 Å². The summed E-state index contributed by atoms with van der Waals surface area (Å²) in [7, 11) is 0. The molecule has 1 fully saturated rings. The third-order valence-corrected chi connectivity index (χ3v) is 2.84. The number of hydrogen-bond acceptors (Lipinski definition) is 5. The number of aromatic nitrogens is 1. The van der Waals surface area contributed by atoms with Crippen LogP contribution in [0.1, 0.15) is 28.9 Å². The van der Waals surface area contributed by atoms with E-state index in [4.69, 9.17) is 5.11 Å². The molecule has 1 aliphatic heterocycles. The monoisotopic (exact) mass is 263 g/mol. The van der Waals surface area contributed by atoms with Crippen molar-refractivity contribution in [2.45, 2.75) is 25.8 Å². The SMILES string of the molecule is Cc1cc(NC2CCC(=O)NC2=O)c(C(=O)O)cn1. The highest BCUT2D eigenvalue weighted by Gasteiger charge is 2.27. The molecule has 2 rings (SSSR count). The van der Waals surface area contributed by atoms with Crippen molar-refractivity contribution in [2.75, 3.05) is 5.32 Å². The molecule has 0 radical (unpaired) electrons. The summed E-state index contributed by atoms with van der Waals surface area (Å²) in [6.07, 6.45) is 1.81. The molecule has 3 N–H and O–H groups in total. The number of pyridine rings is 1. The molecule has 2 heterocycles. The van der Waals surface area contributed by atoms with Gasteiger partial charge in [0.15, 0.2) is 0 Å². The maximum absolute atomic E-state index is 11.6. The summed E-state index contributed by atoms with van der Waals surface area (Å²) < 4.78 is 0. The zero-order valence-electron chi connectivity index (χ0n) is 10.3. The summed E-state index contributed by atoms with van der Waals surface area (Å²) in [6.45, 7) is 1.72. The number of nitrogens with zero attached hydrogens (tertiary/aromatic N) is 1. The Morgan fingerprint density at radius 1 is 1.53 bits per heavy atom. The number of aryl methyl sites for hydroxylation is 1. The molecule has 100 valence electrons. The van der Waals surface area contributed by atoms with Crippen LogP contribution in [-0.4, -0.2) is 33.9 Å². The summed E-state index contributed by atoms with van der Waals surface area (Å²) in [5.74, 6) is -1.88. The summed E-state index contributed by atoms with van der Waals surface area (Å²) >= 11 is 0. The van der Waals surface area contributed by atoms with Crippen molar-refractivity contribution in [1.29, 1.82) is 0 Å². The van der Waals surface area contributed by atoms with Crippen molar-refractivity contribution >= 4 is 23.5 Å². The topological polar surface area (TPSA) is 108 Å². The van der Waals surface area contributed by atoms with Crippen molar-refractivity contribution in [3.8, 4) is 0 Å². The lowest BCUT2D eigenvalue weighted by molar-refractivity contribution is -0.133. The minimum Gasteiger partial charge on any atom is -0.478 e. The van der Waals surface area contributed by atoms with E-state index in [0.717, 1.165) is 0 Å². The van der Waals surface area contributed by atoms with E-state index in [1.165, 1.54) is 6.20 Å². The second-order valence-corrected chi connectivity index (χ2v) is 4.32. The number of carbonyl (C=O) groups excluding carboxylic acids is 2. The summed E-state index contributed by atoms with van der Waals surface area (Å²) in [4.78, 5) is 37.6. The molecule has 1 unspecified atom stereocenters. The van der Waals surface area contributed by atoms with Gasteiger partial charge in [0, 0.05) is 18.3 Å². The molecule has 1 aliphatic rings. The maximum atomic E-state index is 11.6. The van der Waals surface area contributed by atoms with E-state index in [-0.39, 0.29) is 17.9 Å². The zero-order chi connectivity index (χ0) is 14.0. The second kappa shape index (κ2) is 5.05. The van der Waals surface area contributed by atoms with Gasteiger partial charge >= 0.3 is 5.97 Å². The van der Waals surface area contributed by atoms with Gasteiger partial charge in [0.25, 0.3) is 0 Å². The minimum atomic E-state index is -1.12. The molecule has 0 aromatic carbocycles. The predicted octanol–water partition coefficient (Wildman–Crippen LogP) is 0.305. The Morgan fingerprint density at radius 3 is 2.89 bits per heavy atom. The number of imide groups is 1. The van der Waals surface area contributed by atoms with E-state index in [1.807, 2.05) is 0 Å². The number of aromatic carboxylic acids is 1. The largest absolute Gasteiger partial charge is 0.478 e. The molecule has 0 spiro atoms. The fourth-order valence-electron chi connectivity index (χ4n) is 1.87.